The molecule has 0 aliphatic rings. The molecule has 0 aliphatic carbocycles. The fourth-order valence-corrected chi connectivity index (χ4v) is 2.26. The first-order valence-corrected chi connectivity index (χ1v) is 6.59. The first-order chi connectivity index (χ1) is 9.97. The number of hydrazine groups is 1. The maximum atomic E-state index is 13.0. The molecule has 1 aromatic heterocycles. The summed E-state index contributed by atoms with van der Waals surface area (Å²) in [5, 5.41) is 11.9. The van der Waals surface area contributed by atoms with Crippen LogP contribution in [0.2, 0.25) is 0 Å². The summed E-state index contributed by atoms with van der Waals surface area (Å²) in [6, 6.07) is 6.54. The topological polar surface area (TPSA) is 84.3 Å². The Morgan fingerprint density at radius 3 is 2.71 bits per heavy atom. The van der Waals surface area contributed by atoms with Gasteiger partial charge in [0.05, 0.1) is 20.9 Å². The molecule has 1 amide bonds. The molecule has 6 nitrogen and oxygen atoms in total. The summed E-state index contributed by atoms with van der Waals surface area (Å²) >= 11 is 1.12. The summed E-state index contributed by atoms with van der Waals surface area (Å²) in [5.74, 6) is -1.06. The summed E-state index contributed by atoms with van der Waals surface area (Å²) in [7, 11) is 0. The molecule has 0 radical (unpaired) electrons. The second-order valence-corrected chi connectivity index (χ2v) is 4.91. The second-order valence-electron chi connectivity index (χ2n) is 3.99. The predicted molar refractivity (Wildman–Crippen MR) is 77.0 cm³/mol. The largest absolute Gasteiger partial charge is 0.298 e. The molecule has 0 atom stereocenters. The van der Waals surface area contributed by atoms with E-state index in [-0.39, 0.29) is 11.3 Å². The van der Waals surface area contributed by atoms with E-state index in [1.807, 2.05) is 0 Å². The van der Waals surface area contributed by atoms with Crippen molar-refractivity contribution >= 4 is 28.6 Å². The monoisotopic (exact) mass is 307 g/mol. The number of nitrogens with zero attached hydrogens (tertiary/aromatic N) is 1. The Kier molecular flexibility index (Phi) is 4.29. The van der Waals surface area contributed by atoms with Gasteiger partial charge in [-0.2, -0.15) is 0 Å². The van der Waals surface area contributed by atoms with Crippen LogP contribution in [0.1, 0.15) is 15.2 Å². The Hall–Kier alpha value is -2.74. The molecule has 21 heavy (non-hydrogen) atoms. The number of hydrogen-bond donors (Lipinski definition) is 2. The fraction of sp³-hybridized carbons (Fsp3) is 0. The van der Waals surface area contributed by atoms with Gasteiger partial charge in [0.15, 0.2) is 0 Å². The minimum atomic E-state index is -0.540. The van der Waals surface area contributed by atoms with Crippen molar-refractivity contribution in [3.05, 3.63) is 68.7 Å². The highest BCUT2D eigenvalue weighted by Gasteiger charge is 2.12. The standard InChI is InChI=1S/C13H10FN3O3S/c1-8(12-6-11(7-21-12)17(19)20)15-16-13(18)9-3-2-4-10(14)5-9/h2-7,15H,1H2,(H,16,18). The number of nitro groups is 1. The van der Waals surface area contributed by atoms with Gasteiger partial charge in [-0.25, -0.2) is 4.39 Å². The number of hydrogen-bond acceptors (Lipinski definition) is 5. The lowest BCUT2D eigenvalue weighted by atomic mass is 10.2. The molecule has 2 rings (SSSR count). The maximum absolute atomic E-state index is 13.0. The van der Waals surface area contributed by atoms with Gasteiger partial charge in [-0.15, -0.1) is 11.3 Å². The molecule has 0 spiro atoms. The molecule has 0 aliphatic heterocycles. The van der Waals surface area contributed by atoms with Crippen molar-refractivity contribution in [2.75, 3.05) is 0 Å². The van der Waals surface area contributed by atoms with Gasteiger partial charge in [-0.3, -0.25) is 25.8 Å². The fourth-order valence-electron chi connectivity index (χ4n) is 1.48. The Balaban J connectivity index is 1.97. The third-order valence-corrected chi connectivity index (χ3v) is 3.49. The van der Waals surface area contributed by atoms with Gasteiger partial charge < -0.3 is 0 Å². The molecule has 0 fully saturated rings. The van der Waals surface area contributed by atoms with Crippen molar-refractivity contribution in [2.24, 2.45) is 0 Å². The average Bonchev–Trinajstić information content (AvgIpc) is 2.94. The van der Waals surface area contributed by atoms with Crippen molar-refractivity contribution in [3.63, 3.8) is 0 Å². The lowest BCUT2D eigenvalue weighted by Gasteiger charge is -2.09. The van der Waals surface area contributed by atoms with E-state index in [0.717, 1.165) is 17.4 Å². The zero-order valence-electron chi connectivity index (χ0n) is 10.6. The number of benzene rings is 1. The third kappa shape index (κ3) is 3.63. The van der Waals surface area contributed by atoms with Crippen LogP contribution in [-0.2, 0) is 0 Å². The van der Waals surface area contributed by atoms with Crippen LogP contribution in [0.3, 0.4) is 0 Å². The van der Waals surface area contributed by atoms with Gasteiger partial charge in [0.2, 0.25) is 0 Å². The summed E-state index contributed by atoms with van der Waals surface area (Å²) < 4.78 is 13.0. The molecule has 0 saturated heterocycles. The Morgan fingerprint density at radius 2 is 2.10 bits per heavy atom. The molecule has 108 valence electrons. The average molecular weight is 307 g/mol. The highest BCUT2D eigenvalue weighted by atomic mass is 32.1. The van der Waals surface area contributed by atoms with Crippen molar-refractivity contribution in [3.8, 4) is 0 Å². The first-order valence-electron chi connectivity index (χ1n) is 5.71. The van der Waals surface area contributed by atoms with Crippen molar-refractivity contribution < 1.29 is 14.1 Å². The molecule has 0 bridgehead atoms. The van der Waals surface area contributed by atoms with Crippen LogP contribution < -0.4 is 10.9 Å². The summed E-state index contributed by atoms with van der Waals surface area (Å²) in [5.41, 5.74) is 5.29. The lowest BCUT2D eigenvalue weighted by Crippen LogP contribution is -2.35. The van der Waals surface area contributed by atoms with Crippen LogP contribution in [0.15, 0.2) is 42.3 Å². The SMILES string of the molecule is C=C(NNC(=O)c1cccc(F)c1)c1cc([N+](=O)[O-])cs1. The van der Waals surface area contributed by atoms with Gasteiger partial charge >= 0.3 is 0 Å². The van der Waals surface area contributed by atoms with E-state index in [0.29, 0.717) is 10.6 Å². The van der Waals surface area contributed by atoms with E-state index in [1.165, 1.54) is 29.6 Å². The summed E-state index contributed by atoms with van der Waals surface area (Å²) in [6.07, 6.45) is 0. The summed E-state index contributed by atoms with van der Waals surface area (Å²) in [6.45, 7) is 3.67. The van der Waals surface area contributed by atoms with E-state index in [1.54, 1.807) is 0 Å². The quantitative estimate of drug-likeness (QED) is 0.657. The van der Waals surface area contributed by atoms with Crippen LogP contribution in [0.4, 0.5) is 10.1 Å². The van der Waals surface area contributed by atoms with E-state index in [9.17, 15) is 19.3 Å². The number of carbonyl (C=O) groups excluding carboxylic acids is 1. The number of carbonyl (C=O) groups is 1. The number of rotatable bonds is 5. The number of halogens is 1. The Morgan fingerprint density at radius 1 is 1.33 bits per heavy atom. The van der Waals surface area contributed by atoms with Crippen LogP contribution in [-0.4, -0.2) is 10.8 Å². The van der Waals surface area contributed by atoms with Crippen molar-refractivity contribution in [2.45, 2.75) is 0 Å². The number of thiophene rings is 1. The van der Waals surface area contributed by atoms with E-state index in [4.69, 9.17) is 0 Å². The Labute approximate surface area is 123 Å². The van der Waals surface area contributed by atoms with Crippen LogP contribution in [0, 0.1) is 15.9 Å². The van der Waals surface area contributed by atoms with E-state index in [2.05, 4.69) is 17.4 Å². The first kappa shape index (κ1) is 14.7. The highest BCUT2D eigenvalue weighted by molar-refractivity contribution is 7.11. The van der Waals surface area contributed by atoms with Gasteiger partial charge in [-0.1, -0.05) is 12.6 Å². The molecule has 0 saturated carbocycles. The molecule has 1 aromatic carbocycles. The van der Waals surface area contributed by atoms with Crippen molar-refractivity contribution in [1.29, 1.82) is 0 Å². The zero-order valence-corrected chi connectivity index (χ0v) is 11.4. The van der Waals surface area contributed by atoms with Gasteiger partial charge in [-0.05, 0) is 18.2 Å². The normalized spacial score (nSPS) is 9.95. The van der Waals surface area contributed by atoms with Crippen LogP contribution in [0.5, 0.6) is 0 Å². The maximum Gasteiger partial charge on any atom is 0.280 e. The smallest absolute Gasteiger partial charge is 0.280 e. The number of amides is 1. The number of nitrogens with one attached hydrogen (secondary N) is 2. The lowest BCUT2D eigenvalue weighted by molar-refractivity contribution is -0.384. The molecule has 8 heteroatoms. The van der Waals surface area contributed by atoms with Crippen LogP contribution >= 0.6 is 11.3 Å². The predicted octanol–water partition coefficient (Wildman–Crippen LogP) is 2.70. The van der Waals surface area contributed by atoms with Gasteiger partial charge in [0.25, 0.3) is 11.6 Å². The van der Waals surface area contributed by atoms with E-state index < -0.39 is 16.6 Å². The zero-order chi connectivity index (χ0) is 15.4. The molecule has 2 aromatic rings. The van der Waals surface area contributed by atoms with Gasteiger partial charge in [0, 0.05) is 11.6 Å². The van der Waals surface area contributed by atoms with Crippen molar-refractivity contribution in [1.82, 2.24) is 10.9 Å². The molecule has 2 N–H and O–H groups in total. The molecular formula is C13H10FN3O3S. The summed E-state index contributed by atoms with van der Waals surface area (Å²) in [4.78, 5) is 22.3. The molecular weight excluding hydrogens is 297 g/mol. The van der Waals surface area contributed by atoms with Gasteiger partial charge in [0.1, 0.15) is 5.82 Å². The van der Waals surface area contributed by atoms with E-state index >= 15 is 0 Å². The molecule has 0 unspecified atom stereocenters. The minimum absolute atomic E-state index is 0.0468. The third-order valence-electron chi connectivity index (χ3n) is 2.51. The minimum Gasteiger partial charge on any atom is -0.298 e. The second kappa shape index (κ2) is 6.14. The Bertz CT molecular complexity index is 714. The molecule has 1 heterocycles. The highest BCUT2D eigenvalue weighted by Crippen LogP contribution is 2.25. The van der Waals surface area contributed by atoms with Crippen LogP contribution in [0.25, 0.3) is 5.70 Å².